The Hall–Kier alpha value is -2.05. The van der Waals surface area contributed by atoms with Gasteiger partial charge < -0.3 is 9.47 Å². The average Bonchev–Trinajstić information content (AvgIpc) is 2.71. The number of ketones is 1. The maximum absolute atomic E-state index is 13.3. The Labute approximate surface area is 112 Å². The summed E-state index contributed by atoms with van der Waals surface area (Å²) in [5, 5.41) is 0. The Kier molecular flexibility index (Phi) is 3.23. The third-order valence-electron chi connectivity index (χ3n) is 3.42. The number of Topliss-reactive ketones (excluding diaryl/α,β-unsaturated/α-hetero) is 1. The molecule has 0 bridgehead atoms. The lowest BCUT2D eigenvalue weighted by atomic mass is 9.83. The number of rotatable bonds is 2. The van der Waals surface area contributed by atoms with E-state index in [-0.39, 0.29) is 11.1 Å². The second kappa shape index (κ2) is 4.50. The zero-order valence-corrected chi connectivity index (χ0v) is 10.7. The number of alkyl halides is 3. The number of carbonyl (C=O) groups excluding carboxylic acids is 2. The van der Waals surface area contributed by atoms with E-state index in [1.807, 2.05) is 0 Å². The molecule has 0 heterocycles. The second-order valence-corrected chi connectivity index (χ2v) is 4.42. The molecule has 1 aliphatic carbocycles. The normalized spacial score (nSPS) is 21.6. The molecular weight excluding hydrogens is 277 g/mol. The van der Waals surface area contributed by atoms with Gasteiger partial charge in [0.05, 0.1) is 14.2 Å². The largest absolute Gasteiger partial charge is 0.497 e. The number of hydrogen-bond donors (Lipinski definition) is 0. The van der Waals surface area contributed by atoms with Gasteiger partial charge in [0.1, 0.15) is 5.75 Å². The second-order valence-electron chi connectivity index (χ2n) is 4.42. The molecule has 0 radical (unpaired) electrons. The number of halogens is 3. The summed E-state index contributed by atoms with van der Waals surface area (Å²) in [6.07, 6.45) is -5.79. The van der Waals surface area contributed by atoms with Gasteiger partial charge >= 0.3 is 12.1 Å². The van der Waals surface area contributed by atoms with Crippen LogP contribution in [0.3, 0.4) is 0 Å². The number of esters is 1. The van der Waals surface area contributed by atoms with Gasteiger partial charge in [-0.3, -0.25) is 9.59 Å². The quantitative estimate of drug-likeness (QED) is 0.618. The third-order valence-corrected chi connectivity index (χ3v) is 3.42. The van der Waals surface area contributed by atoms with Crippen molar-refractivity contribution in [1.82, 2.24) is 0 Å². The first kappa shape index (κ1) is 14.4. The van der Waals surface area contributed by atoms with Gasteiger partial charge in [0.2, 0.25) is 5.41 Å². The molecule has 0 fully saturated rings. The van der Waals surface area contributed by atoms with Crippen LogP contribution in [0.25, 0.3) is 0 Å². The van der Waals surface area contributed by atoms with Gasteiger partial charge in [0.15, 0.2) is 5.78 Å². The van der Waals surface area contributed by atoms with E-state index in [0.29, 0.717) is 5.75 Å². The van der Waals surface area contributed by atoms with E-state index in [2.05, 4.69) is 4.74 Å². The molecule has 1 atom stereocenters. The van der Waals surface area contributed by atoms with Crippen molar-refractivity contribution in [3.05, 3.63) is 29.3 Å². The lowest BCUT2D eigenvalue weighted by Gasteiger charge is -2.26. The summed E-state index contributed by atoms with van der Waals surface area (Å²) < 4.78 is 49.0. The van der Waals surface area contributed by atoms with Gasteiger partial charge in [0.25, 0.3) is 0 Å². The molecule has 4 nitrogen and oxygen atoms in total. The predicted molar refractivity (Wildman–Crippen MR) is 61.5 cm³/mol. The van der Waals surface area contributed by atoms with Crippen molar-refractivity contribution in [2.45, 2.75) is 12.6 Å². The van der Waals surface area contributed by atoms with Crippen LogP contribution in [0.2, 0.25) is 0 Å². The Bertz CT molecular complexity index is 579. The standard InChI is InChI=1S/C13H11F3O4/c1-19-8-3-4-9-7(5-8)6-12(10(9)17,11(18)20-2)13(14,15)16/h3-5H,6H2,1-2H3. The van der Waals surface area contributed by atoms with Crippen LogP contribution in [0, 0.1) is 5.41 Å². The average molecular weight is 288 g/mol. The van der Waals surface area contributed by atoms with Gasteiger partial charge in [-0.1, -0.05) is 0 Å². The van der Waals surface area contributed by atoms with Crippen molar-refractivity contribution in [2.75, 3.05) is 14.2 Å². The van der Waals surface area contributed by atoms with Gasteiger partial charge in [0, 0.05) is 12.0 Å². The molecule has 0 amide bonds. The molecule has 108 valence electrons. The molecule has 1 unspecified atom stereocenters. The maximum atomic E-state index is 13.3. The summed E-state index contributed by atoms with van der Waals surface area (Å²) in [5.74, 6) is -2.56. The minimum absolute atomic E-state index is 0.122. The highest BCUT2D eigenvalue weighted by molar-refractivity contribution is 6.16. The van der Waals surface area contributed by atoms with E-state index in [1.165, 1.54) is 25.3 Å². The minimum atomic E-state index is -5.02. The van der Waals surface area contributed by atoms with E-state index in [9.17, 15) is 22.8 Å². The van der Waals surface area contributed by atoms with E-state index in [1.54, 1.807) is 0 Å². The van der Waals surface area contributed by atoms with Crippen LogP contribution < -0.4 is 4.74 Å². The number of carbonyl (C=O) groups is 2. The first-order chi connectivity index (χ1) is 9.27. The highest BCUT2D eigenvalue weighted by Gasteiger charge is 2.69. The summed E-state index contributed by atoms with van der Waals surface area (Å²) in [7, 11) is 2.18. The zero-order valence-electron chi connectivity index (χ0n) is 10.7. The first-order valence-corrected chi connectivity index (χ1v) is 5.65. The van der Waals surface area contributed by atoms with Crippen LogP contribution >= 0.6 is 0 Å². The van der Waals surface area contributed by atoms with Crippen molar-refractivity contribution < 1.29 is 32.2 Å². The lowest BCUT2D eigenvalue weighted by Crippen LogP contribution is -2.50. The molecule has 20 heavy (non-hydrogen) atoms. The molecule has 1 aliphatic rings. The summed E-state index contributed by atoms with van der Waals surface area (Å²) in [6, 6.07) is 3.93. The number of methoxy groups -OCH3 is 2. The Morgan fingerprint density at radius 3 is 2.45 bits per heavy atom. The Morgan fingerprint density at radius 1 is 1.30 bits per heavy atom. The number of hydrogen-bond acceptors (Lipinski definition) is 4. The van der Waals surface area contributed by atoms with Crippen molar-refractivity contribution in [2.24, 2.45) is 5.41 Å². The Balaban J connectivity index is 2.60. The zero-order chi connectivity index (χ0) is 15.1. The van der Waals surface area contributed by atoms with Gasteiger partial charge in [-0.2, -0.15) is 13.2 Å². The molecule has 1 aromatic rings. The topological polar surface area (TPSA) is 52.6 Å². The molecule has 7 heteroatoms. The molecule has 0 saturated carbocycles. The SMILES string of the molecule is COC(=O)C1(C(F)(F)F)Cc2cc(OC)ccc2C1=O. The molecule has 0 spiro atoms. The molecular formula is C13H11F3O4. The van der Waals surface area contributed by atoms with Gasteiger partial charge in [-0.25, -0.2) is 0 Å². The maximum Gasteiger partial charge on any atom is 0.412 e. The summed E-state index contributed by atoms with van der Waals surface area (Å²) in [6.45, 7) is 0. The van der Waals surface area contributed by atoms with Crippen LogP contribution in [0.1, 0.15) is 15.9 Å². The highest BCUT2D eigenvalue weighted by atomic mass is 19.4. The van der Waals surface area contributed by atoms with Crippen molar-refractivity contribution in [1.29, 1.82) is 0 Å². The van der Waals surface area contributed by atoms with E-state index in [0.717, 1.165) is 7.11 Å². The van der Waals surface area contributed by atoms with E-state index in [4.69, 9.17) is 4.74 Å². The number of fused-ring (bicyclic) bond motifs is 1. The fourth-order valence-corrected chi connectivity index (χ4v) is 2.34. The monoisotopic (exact) mass is 288 g/mol. The molecule has 0 saturated heterocycles. The molecule has 1 aromatic carbocycles. The number of ether oxygens (including phenoxy) is 2. The van der Waals surface area contributed by atoms with E-state index >= 15 is 0 Å². The predicted octanol–water partition coefficient (Wildman–Crippen LogP) is 2.16. The van der Waals surface area contributed by atoms with Crippen LogP contribution in [0.4, 0.5) is 13.2 Å². The fraction of sp³-hybridized carbons (Fsp3) is 0.385. The van der Waals surface area contributed by atoms with Gasteiger partial charge in [-0.05, 0) is 23.8 Å². The lowest BCUT2D eigenvalue weighted by molar-refractivity contribution is -0.215. The highest BCUT2D eigenvalue weighted by Crippen LogP contribution is 2.49. The molecule has 0 N–H and O–H groups in total. The van der Waals surface area contributed by atoms with Crippen molar-refractivity contribution in [3.8, 4) is 5.75 Å². The summed E-state index contributed by atoms with van der Waals surface area (Å²) in [4.78, 5) is 23.7. The fourth-order valence-electron chi connectivity index (χ4n) is 2.34. The van der Waals surface area contributed by atoms with Crippen molar-refractivity contribution >= 4 is 11.8 Å². The smallest absolute Gasteiger partial charge is 0.412 e. The summed E-state index contributed by atoms with van der Waals surface area (Å²) in [5.41, 5.74) is -3.17. The third kappa shape index (κ3) is 1.76. The minimum Gasteiger partial charge on any atom is -0.497 e. The molecule has 0 aliphatic heterocycles. The van der Waals surface area contributed by atoms with Crippen LogP contribution in [0.15, 0.2) is 18.2 Å². The van der Waals surface area contributed by atoms with Crippen LogP contribution in [-0.2, 0) is 16.0 Å². The van der Waals surface area contributed by atoms with Crippen LogP contribution in [0.5, 0.6) is 5.75 Å². The summed E-state index contributed by atoms with van der Waals surface area (Å²) >= 11 is 0. The Morgan fingerprint density at radius 2 is 1.95 bits per heavy atom. The molecule has 2 rings (SSSR count). The first-order valence-electron chi connectivity index (χ1n) is 5.65. The van der Waals surface area contributed by atoms with E-state index < -0.39 is 29.8 Å². The number of benzene rings is 1. The van der Waals surface area contributed by atoms with Gasteiger partial charge in [-0.15, -0.1) is 0 Å². The van der Waals surface area contributed by atoms with Crippen LogP contribution in [-0.4, -0.2) is 32.1 Å². The molecule has 0 aromatic heterocycles. The van der Waals surface area contributed by atoms with Crippen molar-refractivity contribution in [3.63, 3.8) is 0 Å².